The van der Waals surface area contributed by atoms with E-state index in [0.29, 0.717) is 0 Å². The second kappa shape index (κ2) is 19.7. The van der Waals surface area contributed by atoms with Gasteiger partial charge in [-0.1, -0.05) is 143 Å². The monoisotopic (exact) mass is 1170 g/mol. The van der Waals surface area contributed by atoms with Crippen molar-refractivity contribution in [3.05, 3.63) is 268 Å². The van der Waals surface area contributed by atoms with Gasteiger partial charge in [-0.3, -0.25) is 0 Å². The summed E-state index contributed by atoms with van der Waals surface area (Å²) in [5, 5.41) is 0. The van der Waals surface area contributed by atoms with Crippen molar-refractivity contribution < 1.29 is 14.2 Å². The Morgan fingerprint density at radius 2 is 0.451 bits per heavy atom. The molecule has 18 rings (SSSR count). The molecule has 0 saturated heterocycles. The van der Waals surface area contributed by atoms with Gasteiger partial charge in [-0.25, -0.2) is 0 Å². The molecule has 7 nitrogen and oxygen atoms in total. The number of anilines is 12. The van der Waals surface area contributed by atoms with E-state index in [0.717, 1.165) is 119 Å². The third-order valence-electron chi connectivity index (χ3n) is 20.1. The van der Waals surface area contributed by atoms with E-state index in [2.05, 4.69) is 300 Å². The fraction of sp³-hybridized carbons (Fsp3) is 0.111. The first-order chi connectivity index (χ1) is 44.3. The molecule has 6 aliphatic heterocycles. The maximum atomic E-state index is 7.56. The number of ether oxygens (including phenoxy) is 3. The second-order valence-electron chi connectivity index (χ2n) is 26.2. The number of rotatable bonds is 9. The van der Waals surface area contributed by atoms with Crippen LogP contribution in [0, 0.1) is 62.3 Å². The Hall–Kier alpha value is -10.6. The zero-order valence-corrected chi connectivity index (χ0v) is 52.5. The average Bonchev–Trinajstić information content (AvgIpc) is 0.662. The van der Waals surface area contributed by atoms with Crippen molar-refractivity contribution in [3.63, 3.8) is 0 Å². The third kappa shape index (κ3) is 7.97. The summed E-state index contributed by atoms with van der Waals surface area (Å²) in [5.41, 5.74) is 34.6. The summed E-state index contributed by atoms with van der Waals surface area (Å²) in [5.74, 6) is 5.33. The number of nitrogens with zero attached hydrogens (tertiary/aromatic N) is 4. The molecule has 12 aromatic rings. The minimum atomic E-state index is -0.168. The van der Waals surface area contributed by atoms with E-state index in [1.165, 1.54) is 83.2 Å². The summed E-state index contributed by atoms with van der Waals surface area (Å²) in [6.07, 6.45) is 0. The molecule has 6 aliphatic rings. The van der Waals surface area contributed by atoms with Crippen molar-refractivity contribution in [2.45, 2.75) is 62.3 Å². The molecule has 0 N–H and O–H groups in total. The Kier molecular flexibility index (Phi) is 11.6. The fourth-order valence-electron chi connectivity index (χ4n) is 15.7. The lowest BCUT2D eigenvalue weighted by Crippen LogP contribution is -2.73. The molecular formula is C81H63B3N4O3. The van der Waals surface area contributed by atoms with E-state index < -0.39 is 0 Å². The van der Waals surface area contributed by atoms with Gasteiger partial charge in [-0.2, -0.15) is 0 Å². The summed E-state index contributed by atoms with van der Waals surface area (Å²) >= 11 is 0. The molecule has 0 saturated carbocycles. The van der Waals surface area contributed by atoms with Crippen LogP contribution in [0.15, 0.2) is 218 Å². The molecule has 0 aromatic heterocycles. The quantitative estimate of drug-likeness (QED) is 0.133. The van der Waals surface area contributed by atoms with Crippen LogP contribution in [0.1, 0.15) is 50.1 Å². The molecule has 0 unspecified atom stereocenters. The largest absolute Gasteiger partial charge is 0.458 e. The summed E-state index contributed by atoms with van der Waals surface area (Å²) in [7, 11) is 0. The molecule has 0 fully saturated rings. The SMILES string of the molecule is Cc1ccc(N(c2ccc(C)cc2)c2ccc3c(c2)Oc2c(C)cc4c5c2B3c2cc(C)c3c6c2N5c2c(cc(C)c5c2B4c2ccc(N(c4ccc(C)cc4)c4ccc(C)cc4)cc2O5)B6c2ccc(N(c4ccc(C)cc4)c4ccc(C)cc4)cc2O3)cc1. The topological polar surface area (TPSA) is 40.7 Å². The van der Waals surface area contributed by atoms with Crippen LogP contribution >= 0.6 is 0 Å². The summed E-state index contributed by atoms with van der Waals surface area (Å²) < 4.78 is 22.7. The van der Waals surface area contributed by atoms with Crippen LogP contribution in [-0.4, -0.2) is 20.1 Å². The van der Waals surface area contributed by atoms with Crippen LogP contribution in [-0.2, 0) is 0 Å². The first-order valence-corrected chi connectivity index (χ1v) is 31.9. The van der Waals surface area contributed by atoms with Crippen molar-refractivity contribution >= 4 is 138 Å². The smallest absolute Gasteiger partial charge is 0.256 e. The van der Waals surface area contributed by atoms with E-state index in [9.17, 15) is 0 Å². The highest BCUT2D eigenvalue weighted by Crippen LogP contribution is 2.51. The summed E-state index contributed by atoms with van der Waals surface area (Å²) in [4.78, 5) is 9.69. The molecule has 0 bridgehead atoms. The van der Waals surface area contributed by atoms with Gasteiger partial charge in [0.25, 0.3) is 20.1 Å². The van der Waals surface area contributed by atoms with Crippen molar-refractivity contribution in [2.24, 2.45) is 0 Å². The van der Waals surface area contributed by atoms with Gasteiger partial charge in [0.2, 0.25) is 0 Å². The van der Waals surface area contributed by atoms with Crippen molar-refractivity contribution in [1.82, 2.24) is 0 Å². The minimum Gasteiger partial charge on any atom is -0.458 e. The van der Waals surface area contributed by atoms with Crippen molar-refractivity contribution in [3.8, 4) is 34.5 Å². The van der Waals surface area contributed by atoms with Crippen LogP contribution in [0.3, 0.4) is 0 Å². The minimum absolute atomic E-state index is 0.168. The lowest BCUT2D eigenvalue weighted by atomic mass is 9.25. The fourth-order valence-corrected chi connectivity index (χ4v) is 15.7. The number of fused-ring (bicyclic) bond motifs is 9. The van der Waals surface area contributed by atoms with Gasteiger partial charge in [0.05, 0.1) is 0 Å². The zero-order valence-electron chi connectivity index (χ0n) is 52.5. The number of benzene rings is 12. The Bertz CT molecular complexity index is 4440. The van der Waals surface area contributed by atoms with E-state index in [-0.39, 0.29) is 20.1 Å². The highest BCUT2D eigenvalue weighted by atomic mass is 16.5. The number of hydrogen-bond donors (Lipinski definition) is 0. The average molecular weight is 1170 g/mol. The first kappa shape index (κ1) is 53.5. The van der Waals surface area contributed by atoms with Crippen LogP contribution < -0.4 is 83.0 Å². The molecular weight excluding hydrogens is 1110 g/mol. The maximum absolute atomic E-state index is 7.56. The highest BCUT2D eigenvalue weighted by molar-refractivity contribution is 7.07. The lowest BCUT2D eigenvalue weighted by molar-refractivity contribution is 0.482. The normalized spacial score (nSPS) is 13.3. The lowest BCUT2D eigenvalue weighted by Gasteiger charge is -2.52. The van der Waals surface area contributed by atoms with Crippen molar-refractivity contribution in [2.75, 3.05) is 19.6 Å². The van der Waals surface area contributed by atoms with Gasteiger partial charge >= 0.3 is 0 Å². The molecule has 91 heavy (non-hydrogen) atoms. The number of aryl methyl sites for hydroxylation is 9. The van der Waals surface area contributed by atoms with E-state index in [1.54, 1.807) is 0 Å². The maximum Gasteiger partial charge on any atom is 0.256 e. The van der Waals surface area contributed by atoms with Gasteiger partial charge in [-0.15, -0.1) is 0 Å². The van der Waals surface area contributed by atoms with Crippen LogP contribution in [0.5, 0.6) is 34.5 Å². The first-order valence-electron chi connectivity index (χ1n) is 31.9. The van der Waals surface area contributed by atoms with Gasteiger partial charge in [-0.05, 0) is 219 Å². The van der Waals surface area contributed by atoms with Crippen LogP contribution in [0.2, 0.25) is 0 Å². The van der Waals surface area contributed by atoms with Gasteiger partial charge in [0.1, 0.15) is 34.5 Å². The van der Waals surface area contributed by atoms with E-state index in [1.807, 2.05) is 0 Å². The Morgan fingerprint density at radius 3 is 0.670 bits per heavy atom. The van der Waals surface area contributed by atoms with Crippen molar-refractivity contribution in [1.29, 1.82) is 0 Å². The standard InChI is InChI=1S/C81H63B3N4O3/c1-46-10-22-55(23-11-46)85(56-24-12-47(2)13-25-56)61-34-37-64-70(43-61)89-79-52(7)40-68-77-73(79)82(64)67-41-53(8)80-74-76(67)88(77)78-69(84(74)66-39-36-63(45-72(66)90-80)87(59-30-18-50(5)19-31-59)60-32-20-51(6)21-33-60)42-54(9)81-75(78)83(68)65-38-35-62(44-71(65)91-81)86(57-26-14-48(3)15-27-57)58-28-16-49(4)17-29-58/h10-45H,1-9H3. The van der Waals surface area contributed by atoms with E-state index in [4.69, 9.17) is 14.2 Å². The molecule has 0 radical (unpaired) electrons. The number of hydrogen-bond acceptors (Lipinski definition) is 7. The summed E-state index contributed by atoms with van der Waals surface area (Å²) in [6, 6.07) is 81.1. The van der Waals surface area contributed by atoms with Gasteiger partial charge in [0.15, 0.2) is 0 Å². The van der Waals surface area contributed by atoms with Crippen LogP contribution in [0.4, 0.5) is 68.2 Å². The predicted molar refractivity (Wildman–Crippen MR) is 381 cm³/mol. The molecule has 6 heterocycles. The Labute approximate surface area is 533 Å². The second-order valence-corrected chi connectivity index (χ2v) is 26.2. The van der Waals surface area contributed by atoms with Gasteiger partial charge < -0.3 is 33.8 Å². The molecule has 0 aliphatic carbocycles. The molecule has 0 spiro atoms. The predicted octanol–water partition coefficient (Wildman–Crippen LogP) is 15.1. The summed E-state index contributed by atoms with van der Waals surface area (Å²) in [6.45, 7) is 19.1. The van der Waals surface area contributed by atoms with Crippen LogP contribution in [0.25, 0.3) is 0 Å². The third-order valence-corrected chi connectivity index (χ3v) is 20.1. The molecule has 12 aromatic carbocycles. The molecule has 10 heteroatoms. The Balaban J connectivity index is 0.873. The zero-order chi connectivity index (χ0) is 61.4. The van der Waals surface area contributed by atoms with E-state index >= 15 is 0 Å². The molecule has 0 amide bonds. The molecule has 434 valence electrons. The Morgan fingerprint density at radius 1 is 0.242 bits per heavy atom. The van der Waals surface area contributed by atoms with Gasteiger partial charge in [0, 0.05) is 86.4 Å². The molecule has 0 atom stereocenters. The highest BCUT2D eigenvalue weighted by Gasteiger charge is 2.56.